The Morgan fingerprint density at radius 1 is 1.55 bits per heavy atom. The van der Waals surface area contributed by atoms with Gasteiger partial charge in [0.2, 0.25) is 5.91 Å². The fourth-order valence-electron chi connectivity index (χ4n) is 1.62. The number of nitrogens with two attached hydrogens (primary N) is 1. The number of aromatic nitrogens is 1. The maximum Gasteiger partial charge on any atom is 0.344 e. The van der Waals surface area contributed by atoms with Crippen molar-refractivity contribution in [3.8, 4) is 0 Å². The molecule has 8 heteroatoms. The lowest BCUT2D eigenvalue weighted by Crippen LogP contribution is -2.38. The largest absolute Gasteiger partial charge is 0.462 e. The third-order valence-corrected chi connectivity index (χ3v) is 3.66. The fraction of sp³-hybridized carbons (Fsp3) is 0.583. The summed E-state index contributed by atoms with van der Waals surface area (Å²) in [5.74, 6) is -0.518. The minimum absolute atomic E-state index is 0.103. The molecule has 0 spiro atoms. The van der Waals surface area contributed by atoms with Crippen LogP contribution in [0.25, 0.3) is 0 Å². The molecular weight excluding hydrogens is 280 g/mol. The Morgan fingerprint density at radius 2 is 2.25 bits per heavy atom. The van der Waals surface area contributed by atoms with Crippen molar-refractivity contribution in [3.05, 3.63) is 5.56 Å². The summed E-state index contributed by atoms with van der Waals surface area (Å²) in [5.41, 5.74) is 5.87. The Balaban J connectivity index is 2.04. The summed E-state index contributed by atoms with van der Waals surface area (Å²) in [7, 11) is 0. The first-order chi connectivity index (χ1) is 9.52. The summed E-state index contributed by atoms with van der Waals surface area (Å²) in [6.45, 7) is 3.69. The van der Waals surface area contributed by atoms with E-state index in [9.17, 15) is 9.59 Å². The molecule has 2 rings (SSSR count). The topological polar surface area (TPSA) is 106 Å². The highest BCUT2D eigenvalue weighted by Crippen LogP contribution is 2.28. The van der Waals surface area contributed by atoms with Gasteiger partial charge in [0.15, 0.2) is 5.82 Å². The number of hydrogen-bond acceptors (Lipinski definition) is 7. The molecule has 1 aliphatic carbocycles. The molecule has 1 atom stereocenters. The molecule has 1 unspecified atom stereocenters. The summed E-state index contributed by atoms with van der Waals surface area (Å²) < 4.78 is 8.86. The number of ether oxygens (including phenoxy) is 1. The molecule has 0 radical (unpaired) electrons. The van der Waals surface area contributed by atoms with Gasteiger partial charge in [0.05, 0.1) is 6.61 Å². The molecule has 1 fully saturated rings. The van der Waals surface area contributed by atoms with Gasteiger partial charge in [-0.3, -0.25) is 4.79 Å². The van der Waals surface area contributed by atoms with Crippen molar-refractivity contribution in [2.24, 2.45) is 0 Å². The zero-order valence-corrected chi connectivity index (χ0v) is 12.3. The SMILES string of the molecule is CCOC(=O)c1c(N)nsc1NC(C)C(=O)NC1CC1. The molecule has 110 valence electrons. The highest BCUT2D eigenvalue weighted by Gasteiger charge is 2.27. The molecule has 1 aromatic heterocycles. The van der Waals surface area contributed by atoms with Crippen molar-refractivity contribution in [1.82, 2.24) is 9.69 Å². The maximum absolute atomic E-state index is 11.9. The van der Waals surface area contributed by atoms with Gasteiger partial charge in [0.1, 0.15) is 16.6 Å². The summed E-state index contributed by atoms with van der Waals surface area (Å²) in [6.07, 6.45) is 2.06. The maximum atomic E-state index is 11.9. The summed E-state index contributed by atoms with van der Waals surface area (Å²) in [6, 6.07) is -0.175. The molecule has 0 aromatic carbocycles. The molecule has 20 heavy (non-hydrogen) atoms. The van der Waals surface area contributed by atoms with Gasteiger partial charge in [-0.15, -0.1) is 0 Å². The zero-order chi connectivity index (χ0) is 14.7. The zero-order valence-electron chi connectivity index (χ0n) is 11.4. The third-order valence-electron chi connectivity index (χ3n) is 2.86. The van der Waals surface area contributed by atoms with E-state index in [-0.39, 0.29) is 23.9 Å². The van der Waals surface area contributed by atoms with Gasteiger partial charge in [-0.1, -0.05) is 0 Å². The Labute approximate surface area is 121 Å². The highest BCUT2D eigenvalue weighted by molar-refractivity contribution is 7.11. The van der Waals surface area contributed by atoms with Crippen LogP contribution in [0.4, 0.5) is 10.8 Å². The van der Waals surface area contributed by atoms with Gasteiger partial charge >= 0.3 is 5.97 Å². The molecule has 1 saturated carbocycles. The number of carbonyl (C=O) groups is 2. The van der Waals surface area contributed by atoms with Crippen LogP contribution < -0.4 is 16.4 Å². The van der Waals surface area contributed by atoms with E-state index in [0.29, 0.717) is 11.0 Å². The molecule has 4 N–H and O–H groups in total. The fourth-order valence-corrected chi connectivity index (χ4v) is 2.41. The average molecular weight is 298 g/mol. The lowest BCUT2D eigenvalue weighted by molar-refractivity contribution is -0.121. The van der Waals surface area contributed by atoms with E-state index in [4.69, 9.17) is 10.5 Å². The lowest BCUT2D eigenvalue weighted by Gasteiger charge is -2.14. The highest BCUT2D eigenvalue weighted by atomic mass is 32.1. The first-order valence-corrected chi connectivity index (χ1v) is 7.29. The summed E-state index contributed by atoms with van der Waals surface area (Å²) in [4.78, 5) is 23.7. The number of anilines is 2. The standard InChI is InChI=1S/C12H18N4O3S/c1-3-19-12(18)8-9(13)16-20-11(8)14-6(2)10(17)15-7-4-5-7/h6-7,14H,3-5H2,1-2H3,(H2,13,16)(H,15,17). The van der Waals surface area contributed by atoms with Gasteiger partial charge < -0.3 is 21.1 Å². The molecule has 1 heterocycles. The van der Waals surface area contributed by atoms with E-state index >= 15 is 0 Å². The van der Waals surface area contributed by atoms with Crippen molar-refractivity contribution in [2.45, 2.75) is 38.8 Å². The van der Waals surface area contributed by atoms with Gasteiger partial charge in [-0.25, -0.2) is 4.79 Å². The molecule has 0 bridgehead atoms. The Bertz CT molecular complexity index is 513. The predicted molar refractivity (Wildman–Crippen MR) is 76.7 cm³/mol. The quantitative estimate of drug-likeness (QED) is 0.676. The molecule has 7 nitrogen and oxygen atoms in total. The Morgan fingerprint density at radius 3 is 2.85 bits per heavy atom. The smallest absolute Gasteiger partial charge is 0.344 e. The second kappa shape index (κ2) is 6.08. The summed E-state index contributed by atoms with van der Waals surface area (Å²) in [5, 5.41) is 6.31. The molecule has 0 saturated heterocycles. The van der Waals surface area contributed by atoms with Crippen molar-refractivity contribution in [3.63, 3.8) is 0 Å². The molecule has 1 amide bonds. The normalized spacial score (nSPS) is 15.5. The van der Waals surface area contributed by atoms with Crippen molar-refractivity contribution < 1.29 is 14.3 Å². The van der Waals surface area contributed by atoms with E-state index in [1.807, 2.05) is 0 Å². The van der Waals surface area contributed by atoms with E-state index in [1.165, 1.54) is 0 Å². The first kappa shape index (κ1) is 14.6. The van der Waals surface area contributed by atoms with Crippen LogP contribution in [0.3, 0.4) is 0 Å². The van der Waals surface area contributed by atoms with Gasteiger partial charge in [0, 0.05) is 6.04 Å². The number of nitrogens with zero attached hydrogens (tertiary/aromatic N) is 1. The van der Waals surface area contributed by atoms with Crippen LogP contribution in [0.15, 0.2) is 0 Å². The number of rotatable bonds is 6. The minimum Gasteiger partial charge on any atom is -0.462 e. The average Bonchev–Trinajstić information content (AvgIpc) is 3.13. The van der Waals surface area contributed by atoms with Crippen LogP contribution >= 0.6 is 11.5 Å². The van der Waals surface area contributed by atoms with Crippen LogP contribution in [0, 0.1) is 0 Å². The van der Waals surface area contributed by atoms with E-state index in [1.54, 1.807) is 13.8 Å². The number of nitrogen functional groups attached to an aromatic ring is 1. The van der Waals surface area contributed by atoms with Crippen LogP contribution in [0.2, 0.25) is 0 Å². The van der Waals surface area contributed by atoms with Crippen LogP contribution in [0.1, 0.15) is 37.0 Å². The Kier molecular flexibility index (Phi) is 4.43. The molecule has 0 aliphatic heterocycles. The first-order valence-electron chi connectivity index (χ1n) is 6.52. The van der Waals surface area contributed by atoms with Crippen LogP contribution in [-0.2, 0) is 9.53 Å². The predicted octanol–water partition coefficient (Wildman–Crippen LogP) is 0.981. The minimum atomic E-state index is -0.531. The number of amides is 1. The number of hydrogen-bond donors (Lipinski definition) is 3. The van der Waals surface area contributed by atoms with Crippen molar-refractivity contribution in [2.75, 3.05) is 17.7 Å². The van der Waals surface area contributed by atoms with Gasteiger partial charge in [0.25, 0.3) is 0 Å². The lowest BCUT2D eigenvalue weighted by atomic mass is 10.2. The van der Waals surface area contributed by atoms with Gasteiger partial charge in [-0.2, -0.15) is 4.37 Å². The number of esters is 1. The van der Waals surface area contributed by atoms with Crippen molar-refractivity contribution >= 4 is 34.2 Å². The van der Waals surface area contributed by atoms with Crippen LogP contribution in [-0.4, -0.2) is 34.9 Å². The van der Waals surface area contributed by atoms with E-state index in [0.717, 1.165) is 24.4 Å². The van der Waals surface area contributed by atoms with Crippen LogP contribution in [0.5, 0.6) is 0 Å². The van der Waals surface area contributed by atoms with Crippen molar-refractivity contribution in [1.29, 1.82) is 0 Å². The number of carbonyl (C=O) groups excluding carboxylic acids is 2. The van der Waals surface area contributed by atoms with E-state index < -0.39 is 12.0 Å². The second-order valence-corrected chi connectivity index (χ2v) is 5.41. The van der Waals surface area contributed by atoms with E-state index in [2.05, 4.69) is 15.0 Å². The summed E-state index contributed by atoms with van der Waals surface area (Å²) >= 11 is 1.04. The molecule has 1 aliphatic rings. The van der Waals surface area contributed by atoms with Gasteiger partial charge in [-0.05, 0) is 38.2 Å². The second-order valence-electron chi connectivity index (χ2n) is 4.64. The molecule has 1 aromatic rings. The Hall–Kier alpha value is -1.83. The third kappa shape index (κ3) is 3.38. The molecular formula is C12H18N4O3S. The monoisotopic (exact) mass is 298 g/mol. The number of nitrogens with one attached hydrogen (secondary N) is 2.